The Morgan fingerprint density at radius 1 is 1.36 bits per heavy atom. The fourth-order valence-corrected chi connectivity index (χ4v) is 5.88. The number of carbonyl (C=O) groups excluding carboxylic acids is 2. The van der Waals surface area contributed by atoms with Gasteiger partial charge in [0.05, 0.1) is 18.4 Å². The number of pyridine rings is 1. The van der Waals surface area contributed by atoms with Crippen molar-refractivity contribution in [1.82, 2.24) is 19.5 Å². The lowest BCUT2D eigenvalue weighted by Gasteiger charge is -2.34. The number of amides is 2. The Hall–Kier alpha value is -2.50. The van der Waals surface area contributed by atoms with Gasteiger partial charge in [-0.3, -0.25) is 9.59 Å². The standard InChI is InChI=1S/C17H20N4O5S2/c1-3-14(22)19-10-15(23)20-6-8-21(9-7-20)28(24,25)13-11-27-16-12(13)4-5-18-17(16)26-2/h3-5,11H,1,6-10H2,2H3,(H,19,22). The van der Waals surface area contributed by atoms with E-state index in [-0.39, 0.29) is 43.5 Å². The van der Waals surface area contributed by atoms with E-state index in [4.69, 9.17) is 4.74 Å². The highest BCUT2D eigenvalue weighted by Crippen LogP contribution is 2.35. The lowest BCUT2D eigenvalue weighted by atomic mass is 10.3. The van der Waals surface area contributed by atoms with Crippen molar-refractivity contribution in [2.45, 2.75) is 4.90 Å². The number of hydrogen-bond donors (Lipinski definition) is 1. The van der Waals surface area contributed by atoms with Gasteiger partial charge in [0.15, 0.2) is 0 Å². The Balaban J connectivity index is 1.71. The van der Waals surface area contributed by atoms with Crippen molar-refractivity contribution in [1.29, 1.82) is 0 Å². The van der Waals surface area contributed by atoms with Gasteiger partial charge in [-0.05, 0) is 12.1 Å². The highest BCUT2D eigenvalue weighted by Gasteiger charge is 2.32. The number of ether oxygens (including phenoxy) is 1. The van der Waals surface area contributed by atoms with Crippen LogP contribution in [0.2, 0.25) is 0 Å². The maximum Gasteiger partial charge on any atom is 0.244 e. The van der Waals surface area contributed by atoms with Crippen molar-refractivity contribution in [3.8, 4) is 5.88 Å². The van der Waals surface area contributed by atoms with Crippen molar-refractivity contribution in [3.05, 3.63) is 30.3 Å². The van der Waals surface area contributed by atoms with Crippen LogP contribution in [0, 0.1) is 0 Å². The average molecular weight is 425 g/mol. The fourth-order valence-electron chi connectivity index (χ4n) is 2.92. The van der Waals surface area contributed by atoms with Gasteiger partial charge in [0.1, 0.15) is 4.90 Å². The molecule has 0 unspecified atom stereocenters. The molecule has 2 aromatic rings. The highest BCUT2D eigenvalue weighted by molar-refractivity contribution is 7.89. The molecule has 9 nitrogen and oxygen atoms in total. The van der Waals surface area contributed by atoms with Crippen LogP contribution in [-0.2, 0) is 19.6 Å². The number of aromatic nitrogens is 1. The number of methoxy groups -OCH3 is 1. The SMILES string of the molecule is C=CC(=O)NCC(=O)N1CCN(S(=O)(=O)c2csc3c(OC)nccc23)CC1. The summed E-state index contributed by atoms with van der Waals surface area (Å²) in [6.45, 7) is 4.07. The first-order valence-electron chi connectivity index (χ1n) is 8.47. The maximum absolute atomic E-state index is 13.1. The Bertz CT molecular complexity index is 1010. The predicted octanol–water partition coefficient (Wildman–Crippen LogP) is 0.440. The monoisotopic (exact) mass is 424 g/mol. The van der Waals surface area contributed by atoms with E-state index >= 15 is 0 Å². The zero-order valence-electron chi connectivity index (χ0n) is 15.3. The number of piperazine rings is 1. The third kappa shape index (κ3) is 3.86. The molecule has 0 aliphatic carbocycles. The molecular formula is C17H20N4O5S2. The largest absolute Gasteiger partial charge is 0.480 e. The molecule has 1 saturated heterocycles. The van der Waals surface area contributed by atoms with Crippen LogP contribution in [0.4, 0.5) is 0 Å². The summed E-state index contributed by atoms with van der Waals surface area (Å²) in [6, 6.07) is 1.66. The van der Waals surface area contributed by atoms with Gasteiger partial charge in [0.2, 0.25) is 27.7 Å². The van der Waals surface area contributed by atoms with E-state index in [0.29, 0.717) is 16.0 Å². The van der Waals surface area contributed by atoms with Gasteiger partial charge in [0, 0.05) is 43.1 Å². The molecule has 0 bridgehead atoms. The van der Waals surface area contributed by atoms with E-state index in [0.717, 1.165) is 6.08 Å². The third-order valence-corrected chi connectivity index (χ3v) is 7.49. The molecule has 0 saturated carbocycles. The van der Waals surface area contributed by atoms with Gasteiger partial charge in [0.25, 0.3) is 0 Å². The van der Waals surface area contributed by atoms with Crippen LogP contribution >= 0.6 is 11.3 Å². The summed E-state index contributed by atoms with van der Waals surface area (Å²) in [6.07, 6.45) is 2.61. The molecule has 3 heterocycles. The van der Waals surface area contributed by atoms with Gasteiger partial charge in [-0.25, -0.2) is 13.4 Å². The van der Waals surface area contributed by atoms with E-state index in [1.54, 1.807) is 11.4 Å². The number of hydrogen-bond acceptors (Lipinski definition) is 7. The first-order valence-corrected chi connectivity index (χ1v) is 10.8. The zero-order valence-corrected chi connectivity index (χ0v) is 16.9. The quantitative estimate of drug-likeness (QED) is 0.674. The second-order valence-electron chi connectivity index (χ2n) is 6.00. The van der Waals surface area contributed by atoms with Crippen LogP contribution in [0.25, 0.3) is 10.1 Å². The van der Waals surface area contributed by atoms with E-state index in [1.165, 1.54) is 33.8 Å². The second kappa shape index (κ2) is 8.25. The number of carbonyl (C=O) groups is 2. The highest BCUT2D eigenvalue weighted by atomic mass is 32.2. The molecule has 1 aliphatic rings. The minimum absolute atomic E-state index is 0.139. The average Bonchev–Trinajstić information content (AvgIpc) is 3.16. The van der Waals surface area contributed by atoms with Gasteiger partial charge < -0.3 is 15.0 Å². The summed E-state index contributed by atoms with van der Waals surface area (Å²) in [5.74, 6) is -0.297. The molecule has 2 amide bonds. The minimum atomic E-state index is -3.71. The fraction of sp³-hybridized carbons (Fsp3) is 0.353. The number of nitrogens with one attached hydrogen (secondary N) is 1. The van der Waals surface area contributed by atoms with Crippen LogP contribution in [0.3, 0.4) is 0 Å². The molecule has 1 aliphatic heterocycles. The zero-order chi connectivity index (χ0) is 20.3. The second-order valence-corrected chi connectivity index (χ2v) is 8.79. The smallest absolute Gasteiger partial charge is 0.244 e. The van der Waals surface area contributed by atoms with E-state index < -0.39 is 15.9 Å². The van der Waals surface area contributed by atoms with E-state index in [9.17, 15) is 18.0 Å². The molecule has 28 heavy (non-hydrogen) atoms. The van der Waals surface area contributed by atoms with Crippen LogP contribution in [0.5, 0.6) is 5.88 Å². The van der Waals surface area contributed by atoms with Gasteiger partial charge in [-0.2, -0.15) is 4.31 Å². The Labute approximate surface area is 166 Å². The van der Waals surface area contributed by atoms with Crippen LogP contribution < -0.4 is 10.1 Å². The summed E-state index contributed by atoms with van der Waals surface area (Å²) in [5, 5.41) is 4.59. The lowest BCUT2D eigenvalue weighted by Crippen LogP contribution is -2.52. The number of rotatable bonds is 6. The summed E-state index contributed by atoms with van der Waals surface area (Å²) >= 11 is 1.27. The topological polar surface area (TPSA) is 109 Å². The van der Waals surface area contributed by atoms with E-state index in [2.05, 4.69) is 16.9 Å². The Kier molecular flexibility index (Phi) is 5.96. The molecule has 2 aromatic heterocycles. The maximum atomic E-state index is 13.1. The van der Waals surface area contributed by atoms with Crippen LogP contribution in [0.1, 0.15) is 0 Å². The molecule has 0 radical (unpaired) electrons. The first-order chi connectivity index (χ1) is 13.4. The van der Waals surface area contributed by atoms with Crippen molar-refractivity contribution >= 4 is 43.3 Å². The summed E-state index contributed by atoms with van der Waals surface area (Å²) in [5.41, 5.74) is 0. The molecule has 1 N–H and O–H groups in total. The number of sulfonamides is 1. The Morgan fingerprint density at radius 2 is 2.07 bits per heavy atom. The number of fused-ring (bicyclic) bond motifs is 1. The van der Waals surface area contributed by atoms with Gasteiger partial charge >= 0.3 is 0 Å². The van der Waals surface area contributed by atoms with Crippen molar-refractivity contribution in [2.75, 3.05) is 39.8 Å². The number of thiophene rings is 1. The van der Waals surface area contributed by atoms with Crippen molar-refractivity contribution in [3.63, 3.8) is 0 Å². The normalized spacial score (nSPS) is 15.4. The molecule has 3 rings (SSSR count). The molecule has 150 valence electrons. The molecular weight excluding hydrogens is 404 g/mol. The summed E-state index contributed by atoms with van der Waals surface area (Å²) in [4.78, 5) is 29.2. The molecule has 11 heteroatoms. The summed E-state index contributed by atoms with van der Waals surface area (Å²) in [7, 11) is -2.22. The third-order valence-electron chi connectivity index (χ3n) is 4.42. The molecule has 0 aromatic carbocycles. The van der Waals surface area contributed by atoms with Crippen LogP contribution in [-0.4, -0.2) is 74.3 Å². The predicted molar refractivity (Wildman–Crippen MR) is 105 cm³/mol. The first kappa shape index (κ1) is 20.2. The van der Waals surface area contributed by atoms with Crippen LogP contribution in [0.15, 0.2) is 35.2 Å². The van der Waals surface area contributed by atoms with E-state index in [1.807, 2.05) is 0 Å². The van der Waals surface area contributed by atoms with Crippen molar-refractivity contribution < 1.29 is 22.7 Å². The number of nitrogens with zero attached hydrogens (tertiary/aromatic N) is 3. The molecule has 0 spiro atoms. The van der Waals surface area contributed by atoms with Gasteiger partial charge in [-0.15, -0.1) is 11.3 Å². The minimum Gasteiger partial charge on any atom is -0.480 e. The van der Waals surface area contributed by atoms with Crippen molar-refractivity contribution in [2.24, 2.45) is 0 Å². The summed E-state index contributed by atoms with van der Waals surface area (Å²) < 4.78 is 33.4. The van der Waals surface area contributed by atoms with Gasteiger partial charge in [-0.1, -0.05) is 6.58 Å². The molecule has 1 fully saturated rings. The Morgan fingerprint density at radius 3 is 2.71 bits per heavy atom. The molecule has 0 atom stereocenters. The lowest BCUT2D eigenvalue weighted by molar-refractivity contribution is -0.133.